The summed E-state index contributed by atoms with van der Waals surface area (Å²) in [5.74, 6) is 0. The van der Waals surface area contributed by atoms with E-state index in [-0.39, 0.29) is 11.1 Å². The van der Waals surface area contributed by atoms with Crippen LogP contribution in [0.25, 0.3) is 6.08 Å². The highest BCUT2D eigenvalue weighted by Gasteiger charge is 2.32. The summed E-state index contributed by atoms with van der Waals surface area (Å²) in [6.07, 6.45) is 12.0. The maximum atomic E-state index is 12.0. The predicted octanol–water partition coefficient (Wildman–Crippen LogP) is 14.3. The average Bonchev–Trinajstić information content (AvgIpc) is 2.89. The normalized spacial score (nSPS) is 16.8. The molecule has 0 saturated heterocycles. The molecule has 6 heteroatoms. The first kappa shape index (κ1) is 42.4. The number of nitrogens with one attached hydrogen (secondary N) is 1. The topological polar surface area (TPSA) is 23.9 Å². The van der Waals surface area contributed by atoms with E-state index in [1.54, 1.807) is 24.3 Å². The van der Waals surface area contributed by atoms with Gasteiger partial charge in [0.1, 0.15) is 0 Å². The molecule has 0 heterocycles. The molecule has 0 aromatic heterocycles. The first-order chi connectivity index (χ1) is 19.4. The fraction of sp³-hybridized carbons (Fsp3) is 0.583. The zero-order valence-electron chi connectivity index (χ0n) is 27.5. The van der Waals surface area contributed by atoms with Gasteiger partial charge in [0.15, 0.2) is 0 Å². The van der Waals surface area contributed by atoms with E-state index in [1.807, 2.05) is 0 Å². The quantitative estimate of drug-likeness (QED) is 0.190. The SMILES string of the molecule is C=C(C)/C(C=N)=C(/C)C(F)(F)F.C=C(C)C1(C)CCCCC1.C=Cc1c(Cl)cccc1Cl.CCC.CCC1(C)CCC1. The molecule has 1 aromatic carbocycles. The Balaban J connectivity index is 0. The molecule has 0 spiro atoms. The zero-order chi connectivity index (χ0) is 33.1. The fourth-order valence-corrected chi connectivity index (χ4v) is 4.85. The molecule has 2 saturated carbocycles. The maximum absolute atomic E-state index is 12.0. The average molecular weight is 631 g/mol. The summed E-state index contributed by atoms with van der Waals surface area (Å²) < 4.78 is 36.1. The Hall–Kier alpha value is -1.78. The minimum Gasteiger partial charge on any atom is -0.308 e. The predicted molar refractivity (Wildman–Crippen MR) is 183 cm³/mol. The van der Waals surface area contributed by atoms with Gasteiger partial charge in [0.2, 0.25) is 0 Å². The Morgan fingerprint density at radius 1 is 0.905 bits per heavy atom. The monoisotopic (exact) mass is 629 g/mol. The maximum Gasteiger partial charge on any atom is 0.413 e. The number of halogens is 5. The highest BCUT2D eigenvalue weighted by atomic mass is 35.5. The van der Waals surface area contributed by atoms with E-state index >= 15 is 0 Å². The van der Waals surface area contributed by atoms with E-state index in [1.165, 1.54) is 76.7 Å². The largest absolute Gasteiger partial charge is 0.413 e. The summed E-state index contributed by atoms with van der Waals surface area (Å²) in [4.78, 5) is 0. The van der Waals surface area contributed by atoms with Gasteiger partial charge in [0.05, 0.1) is 0 Å². The van der Waals surface area contributed by atoms with Crippen molar-refractivity contribution in [3.63, 3.8) is 0 Å². The van der Waals surface area contributed by atoms with Gasteiger partial charge in [-0.15, -0.1) is 0 Å². The van der Waals surface area contributed by atoms with Gasteiger partial charge >= 0.3 is 6.18 Å². The third kappa shape index (κ3) is 16.2. The number of rotatable bonds is 5. The lowest BCUT2D eigenvalue weighted by molar-refractivity contribution is -0.0916. The molecular formula is C36H56Cl2F3N. The van der Waals surface area contributed by atoms with Gasteiger partial charge in [0, 0.05) is 33.0 Å². The molecule has 1 nitrogen and oxygen atoms in total. The fourth-order valence-electron chi connectivity index (χ4n) is 4.30. The molecule has 2 fully saturated rings. The first-order valence-corrected chi connectivity index (χ1v) is 15.8. The second-order valence-electron chi connectivity index (χ2n) is 11.9. The number of benzene rings is 1. The van der Waals surface area contributed by atoms with Crippen molar-refractivity contribution < 1.29 is 13.2 Å². The van der Waals surface area contributed by atoms with Crippen LogP contribution in [0, 0.1) is 16.2 Å². The number of hydrogen-bond donors (Lipinski definition) is 1. The van der Waals surface area contributed by atoms with Crippen molar-refractivity contribution >= 4 is 35.5 Å². The van der Waals surface area contributed by atoms with Crippen LogP contribution in [0.1, 0.15) is 125 Å². The number of alkyl halides is 3. The molecule has 0 aliphatic heterocycles. The number of hydrogen-bond acceptors (Lipinski definition) is 1. The Labute approximate surface area is 265 Å². The Morgan fingerprint density at radius 2 is 1.36 bits per heavy atom. The molecule has 1 aromatic rings. The van der Waals surface area contributed by atoms with Crippen LogP contribution in [0.15, 0.2) is 60.2 Å². The van der Waals surface area contributed by atoms with Crippen LogP contribution in [0.3, 0.4) is 0 Å². The molecule has 1 N–H and O–H groups in total. The molecule has 0 radical (unpaired) electrons. The molecule has 0 amide bonds. The summed E-state index contributed by atoms with van der Waals surface area (Å²) in [7, 11) is 0. The zero-order valence-corrected chi connectivity index (χ0v) is 29.0. The lowest BCUT2D eigenvalue weighted by Gasteiger charge is -2.37. The Bertz CT molecular complexity index is 985. The molecule has 2 aliphatic carbocycles. The second-order valence-corrected chi connectivity index (χ2v) is 12.7. The van der Waals surface area contributed by atoms with Crippen molar-refractivity contribution in [1.82, 2.24) is 0 Å². The van der Waals surface area contributed by atoms with Crippen LogP contribution >= 0.6 is 23.2 Å². The van der Waals surface area contributed by atoms with Gasteiger partial charge in [-0.05, 0) is 75.0 Å². The highest BCUT2D eigenvalue weighted by Crippen LogP contribution is 2.43. The lowest BCUT2D eigenvalue weighted by atomic mass is 9.69. The molecular weight excluding hydrogens is 574 g/mol. The van der Waals surface area contributed by atoms with Crippen LogP contribution < -0.4 is 0 Å². The minimum absolute atomic E-state index is 0.150. The lowest BCUT2D eigenvalue weighted by Crippen LogP contribution is -2.23. The third-order valence-electron chi connectivity index (χ3n) is 8.04. The van der Waals surface area contributed by atoms with E-state index in [4.69, 9.17) is 28.6 Å². The summed E-state index contributed by atoms with van der Waals surface area (Å²) in [6, 6.07) is 5.37. The molecule has 240 valence electrons. The van der Waals surface area contributed by atoms with Crippen LogP contribution in [0.4, 0.5) is 13.2 Å². The second kappa shape index (κ2) is 21.0. The van der Waals surface area contributed by atoms with Crippen molar-refractivity contribution in [3.8, 4) is 0 Å². The van der Waals surface area contributed by atoms with Gasteiger partial charge in [-0.3, -0.25) is 0 Å². The van der Waals surface area contributed by atoms with E-state index in [9.17, 15) is 13.2 Å². The van der Waals surface area contributed by atoms with Gasteiger partial charge in [0.25, 0.3) is 0 Å². The Morgan fingerprint density at radius 3 is 1.52 bits per heavy atom. The van der Waals surface area contributed by atoms with E-state index < -0.39 is 11.7 Å². The van der Waals surface area contributed by atoms with Gasteiger partial charge in [-0.1, -0.05) is 134 Å². The molecule has 0 unspecified atom stereocenters. The van der Waals surface area contributed by atoms with Crippen LogP contribution in [-0.4, -0.2) is 12.4 Å². The van der Waals surface area contributed by atoms with E-state index in [2.05, 4.69) is 61.3 Å². The minimum atomic E-state index is -4.37. The highest BCUT2D eigenvalue weighted by molar-refractivity contribution is 6.37. The van der Waals surface area contributed by atoms with Crippen molar-refractivity contribution in [2.45, 2.75) is 126 Å². The van der Waals surface area contributed by atoms with E-state index in [0.29, 0.717) is 21.7 Å². The van der Waals surface area contributed by atoms with Crippen molar-refractivity contribution in [1.29, 1.82) is 5.41 Å². The molecule has 3 rings (SSSR count). The van der Waals surface area contributed by atoms with Crippen LogP contribution in [-0.2, 0) is 0 Å². The van der Waals surface area contributed by atoms with E-state index in [0.717, 1.165) is 17.9 Å². The third-order valence-corrected chi connectivity index (χ3v) is 8.70. The molecule has 0 atom stereocenters. The summed E-state index contributed by atoms with van der Waals surface area (Å²) >= 11 is 11.5. The standard InChI is InChI=1S/C10H18.C8H6Cl2.C8H10F3N.C7H14.C3H8/c1-9(2)10(3)7-5-4-6-8-10;1-2-6-7(9)4-3-5-8(6)10;1-5(2)7(4-12)6(3)8(9,10)11;1-3-7(2)5-4-6-7;1-3-2/h1,4-8H2,2-3H3;2-5H,1H2;4,12H,1H2,2-3H3;3-6H2,1-2H3;3H2,1-2H3/b;;7-6-,12-4?;;. The van der Waals surface area contributed by atoms with Gasteiger partial charge < -0.3 is 5.41 Å². The van der Waals surface area contributed by atoms with Crippen molar-refractivity contribution in [2.75, 3.05) is 0 Å². The summed E-state index contributed by atoms with van der Waals surface area (Å²) in [6.45, 7) is 26.8. The van der Waals surface area contributed by atoms with Gasteiger partial charge in [-0.25, -0.2) is 0 Å². The van der Waals surface area contributed by atoms with Crippen molar-refractivity contribution in [2.24, 2.45) is 10.8 Å². The Kier molecular flexibility index (Phi) is 21.2. The number of allylic oxidation sites excluding steroid dienone is 4. The van der Waals surface area contributed by atoms with Crippen LogP contribution in [0.2, 0.25) is 10.0 Å². The van der Waals surface area contributed by atoms with Crippen molar-refractivity contribution in [3.05, 3.63) is 75.8 Å². The van der Waals surface area contributed by atoms with Gasteiger partial charge in [-0.2, -0.15) is 13.2 Å². The molecule has 42 heavy (non-hydrogen) atoms. The van der Waals surface area contributed by atoms with Crippen LogP contribution in [0.5, 0.6) is 0 Å². The molecule has 0 bridgehead atoms. The molecule has 2 aliphatic rings. The smallest absolute Gasteiger partial charge is 0.308 e. The summed E-state index contributed by atoms with van der Waals surface area (Å²) in [5.41, 5.74) is 2.75. The first-order valence-electron chi connectivity index (χ1n) is 15.1. The summed E-state index contributed by atoms with van der Waals surface area (Å²) in [5, 5.41) is 8.04.